The van der Waals surface area contributed by atoms with Crippen LogP contribution < -0.4 is 5.73 Å². The summed E-state index contributed by atoms with van der Waals surface area (Å²) < 4.78 is 0. The largest absolute Gasteiger partial charge is 0.326 e. The number of likely N-dealkylation sites (tertiary alicyclic amines) is 1. The van der Waals surface area contributed by atoms with Crippen LogP contribution in [0, 0.1) is 5.41 Å². The summed E-state index contributed by atoms with van der Waals surface area (Å²) in [5.74, 6) is -0.00546. The van der Waals surface area contributed by atoms with Crippen LogP contribution in [0.3, 0.4) is 0 Å². The number of nitrogens with two attached hydrogens (primary N) is 1. The number of carbonyl (C=O) groups excluding carboxylic acids is 2. The van der Waals surface area contributed by atoms with Crippen LogP contribution in [-0.4, -0.2) is 29.3 Å². The third-order valence-electron chi connectivity index (χ3n) is 4.51. The third kappa shape index (κ3) is 2.74. The van der Waals surface area contributed by atoms with E-state index >= 15 is 0 Å². The Morgan fingerprint density at radius 3 is 2.22 bits per heavy atom. The van der Waals surface area contributed by atoms with Gasteiger partial charge in [-0.25, -0.2) is 0 Å². The molecule has 102 valence electrons. The molecule has 1 saturated carbocycles. The first-order valence-corrected chi connectivity index (χ1v) is 7.15. The van der Waals surface area contributed by atoms with E-state index in [0.717, 1.165) is 32.1 Å². The zero-order valence-corrected chi connectivity index (χ0v) is 11.3. The highest BCUT2D eigenvalue weighted by molar-refractivity contribution is 5.98. The number of nitrogens with zero attached hydrogens (tertiary/aromatic N) is 1. The number of hydrogen-bond donors (Lipinski definition) is 1. The molecule has 18 heavy (non-hydrogen) atoms. The molecular weight excluding hydrogens is 228 g/mol. The van der Waals surface area contributed by atoms with Crippen LogP contribution in [0.5, 0.6) is 0 Å². The van der Waals surface area contributed by atoms with Gasteiger partial charge in [0.15, 0.2) is 0 Å². The number of imide groups is 1. The number of amides is 2. The van der Waals surface area contributed by atoms with Gasteiger partial charge in [0.1, 0.15) is 0 Å². The van der Waals surface area contributed by atoms with Gasteiger partial charge < -0.3 is 5.73 Å². The Balaban J connectivity index is 2.03. The van der Waals surface area contributed by atoms with Crippen LogP contribution in [0.4, 0.5) is 0 Å². The summed E-state index contributed by atoms with van der Waals surface area (Å²) in [7, 11) is 0. The van der Waals surface area contributed by atoms with Crippen LogP contribution in [-0.2, 0) is 9.59 Å². The Bertz CT molecular complexity index is 315. The van der Waals surface area contributed by atoms with Gasteiger partial charge in [-0.2, -0.15) is 0 Å². The van der Waals surface area contributed by atoms with E-state index in [-0.39, 0.29) is 23.3 Å². The minimum absolute atomic E-state index is 0.00273. The average molecular weight is 252 g/mol. The van der Waals surface area contributed by atoms with E-state index < -0.39 is 0 Å². The molecule has 1 atom stereocenters. The molecule has 0 aromatic heterocycles. The molecule has 2 rings (SSSR count). The summed E-state index contributed by atoms with van der Waals surface area (Å²) in [6.45, 7) is 2.37. The molecule has 1 unspecified atom stereocenters. The van der Waals surface area contributed by atoms with Gasteiger partial charge in [-0.3, -0.25) is 14.5 Å². The predicted molar refractivity (Wildman–Crippen MR) is 69.7 cm³/mol. The van der Waals surface area contributed by atoms with Gasteiger partial charge in [0.05, 0.1) is 0 Å². The highest BCUT2D eigenvalue weighted by atomic mass is 16.2. The molecule has 1 aliphatic carbocycles. The van der Waals surface area contributed by atoms with Crippen molar-refractivity contribution in [2.45, 2.75) is 64.3 Å². The standard InChI is InChI=1S/C14H24N2O2/c1-2-11(15)10-16-12(17)8-14(9-13(16)18)6-4-3-5-7-14/h11H,2-10,15H2,1H3. The van der Waals surface area contributed by atoms with Crippen molar-refractivity contribution in [2.24, 2.45) is 11.1 Å². The molecule has 1 spiro atoms. The molecule has 2 fully saturated rings. The van der Waals surface area contributed by atoms with Crippen LogP contribution in [0.1, 0.15) is 58.3 Å². The maximum atomic E-state index is 12.2. The second-order valence-electron chi connectivity index (χ2n) is 5.98. The molecule has 2 amide bonds. The van der Waals surface area contributed by atoms with Gasteiger partial charge >= 0.3 is 0 Å². The summed E-state index contributed by atoms with van der Waals surface area (Å²) in [5, 5.41) is 0. The molecule has 4 heteroatoms. The minimum Gasteiger partial charge on any atom is -0.326 e. The topological polar surface area (TPSA) is 63.4 Å². The maximum absolute atomic E-state index is 12.2. The normalized spacial score (nSPS) is 25.6. The Labute approximate surface area is 109 Å². The van der Waals surface area contributed by atoms with E-state index in [1.165, 1.54) is 11.3 Å². The molecular formula is C14H24N2O2. The van der Waals surface area contributed by atoms with Gasteiger partial charge in [-0.15, -0.1) is 0 Å². The lowest BCUT2D eigenvalue weighted by Gasteiger charge is -2.42. The third-order valence-corrected chi connectivity index (χ3v) is 4.51. The number of piperidine rings is 1. The van der Waals surface area contributed by atoms with Gasteiger partial charge in [0.2, 0.25) is 11.8 Å². The smallest absolute Gasteiger partial charge is 0.229 e. The number of rotatable bonds is 3. The summed E-state index contributed by atoms with van der Waals surface area (Å²) in [6, 6.07) is -0.0849. The zero-order valence-electron chi connectivity index (χ0n) is 11.3. The van der Waals surface area contributed by atoms with Crippen molar-refractivity contribution >= 4 is 11.8 Å². The van der Waals surface area contributed by atoms with Gasteiger partial charge in [-0.05, 0) is 24.7 Å². The number of carbonyl (C=O) groups is 2. The van der Waals surface area contributed by atoms with Gasteiger partial charge in [0, 0.05) is 25.4 Å². The van der Waals surface area contributed by atoms with E-state index in [9.17, 15) is 9.59 Å². The highest BCUT2D eigenvalue weighted by Gasteiger charge is 2.43. The second-order valence-corrected chi connectivity index (χ2v) is 5.98. The molecule has 4 nitrogen and oxygen atoms in total. The fourth-order valence-electron chi connectivity index (χ4n) is 3.26. The van der Waals surface area contributed by atoms with Crippen molar-refractivity contribution in [2.75, 3.05) is 6.54 Å². The van der Waals surface area contributed by atoms with Crippen molar-refractivity contribution in [1.82, 2.24) is 4.90 Å². The molecule has 1 saturated heterocycles. The van der Waals surface area contributed by atoms with Crippen LogP contribution in [0.15, 0.2) is 0 Å². The summed E-state index contributed by atoms with van der Waals surface area (Å²) in [5.41, 5.74) is 5.84. The van der Waals surface area contributed by atoms with E-state index in [0.29, 0.717) is 19.4 Å². The van der Waals surface area contributed by atoms with E-state index in [2.05, 4.69) is 0 Å². The van der Waals surface area contributed by atoms with E-state index in [1.54, 1.807) is 0 Å². The minimum atomic E-state index is -0.0849. The predicted octanol–water partition coefficient (Wildman–Crippen LogP) is 1.82. The molecule has 0 aromatic carbocycles. The molecule has 1 aliphatic heterocycles. The lowest BCUT2D eigenvalue weighted by Crippen LogP contribution is -2.52. The maximum Gasteiger partial charge on any atom is 0.229 e. The molecule has 2 N–H and O–H groups in total. The Kier molecular flexibility index (Phi) is 4.05. The van der Waals surface area contributed by atoms with Crippen molar-refractivity contribution < 1.29 is 9.59 Å². The molecule has 0 bridgehead atoms. The monoisotopic (exact) mass is 252 g/mol. The molecule has 0 radical (unpaired) electrons. The van der Waals surface area contributed by atoms with Crippen molar-refractivity contribution in [1.29, 1.82) is 0 Å². The fourth-order valence-corrected chi connectivity index (χ4v) is 3.26. The molecule has 0 aromatic rings. The first-order chi connectivity index (χ1) is 8.56. The van der Waals surface area contributed by atoms with Crippen molar-refractivity contribution in [3.8, 4) is 0 Å². The second kappa shape index (κ2) is 5.39. The first-order valence-electron chi connectivity index (χ1n) is 7.15. The van der Waals surface area contributed by atoms with Crippen LogP contribution in [0.2, 0.25) is 0 Å². The van der Waals surface area contributed by atoms with Crippen molar-refractivity contribution in [3.05, 3.63) is 0 Å². The fraction of sp³-hybridized carbons (Fsp3) is 0.857. The highest BCUT2D eigenvalue weighted by Crippen LogP contribution is 2.45. The zero-order chi connectivity index (χ0) is 13.2. The Hall–Kier alpha value is -0.900. The Morgan fingerprint density at radius 1 is 1.17 bits per heavy atom. The molecule has 1 heterocycles. The average Bonchev–Trinajstić information content (AvgIpc) is 2.34. The van der Waals surface area contributed by atoms with E-state index in [1.807, 2.05) is 6.92 Å². The first kappa shape index (κ1) is 13.5. The Morgan fingerprint density at radius 2 is 1.72 bits per heavy atom. The van der Waals surface area contributed by atoms with Gasteiger partial charge in [0.25, 0.3) is 0 Å². The lowest BCUT2D eigenvalue weighted by molar-refractivity contribution is -0.155. The quantitative estimate of drug-likeness (QED) is 0.779. The lowest BCUT2D eigenvalue weighted by atomic mass is 9.67. The SMILES string of the molecule is CCC(N)CN1C(=O)CC2(CCCCC2)CC1=O. The van der Waals surface area contributed by atoms with E-state index in [4.69, 9.17) is 5.73 Å². The number of hydrogen-bond acceptors (Lipinski definition) is 3. The van der Waals surface area contributed by atoms with Crippen LogP contribution >= 0.6 is 0 Å². The molecule has 2 aliphatic rings. The summed E-state index contributed by atoms with van der Waals surface area (Å²) >= 11 is 0. The summed E-state index contributed by atoms with van der Waals surface area (Å²) in [4.78, 5) is 25.8. The van der Waals surface area contributed by atoms with Crippen molar-refractivity contribution in [3.63, 3.8) is 0 Å². The van der Waals surface area contributed by atoms with Crippen LogP contribution in [0.25, 0.3) is 0 Å². The van der Waals surface area contributed by atoms with Gasteiger partial charge in [-0.1, -0.05) is 26.2 Å². The summed E-state index contributed by atoms with van der Waals surface area (Å²) in [6.07, 6.45) is 7.54.